The zero-order chi connectivity index (χ0) is 19.8. The highest BCUT2D eigenvalue weighted by Crippen LogP contribution is 2.26. The standard InChI is InChI=1S/C20H23N5O3/c1-13-11-14(2)22-20(21-13)25-8-7-24(9-10-28-25)18(26)16-6-4-5-15-12-23(3)19(27)17(15)16/h4-6,11H,7-10,12H2,1-3H3. The van der Waals surface area contributed by atoms with E-state index in [1.165, 1.54) is 0 Å². The zero-order valence-electron chi connectivity index (χ0n) is 16.3. The quantitative estimate of drug-likeness (QED) is 0.786. The van der Waals surface area contributed by atoms with Gasteiger partial charge in [0.2, 0.25) is 5.95 Å². The average Bonchev–Trinajstić information content (AvgIpc) is 2.84. The summed E-state index contributed by atoms with van der Waals surface area (Å²) in [5.74, 6) is 0.256. The molecule has 0 saturated carbocycles. The summed E-state index contributed by atoms with van der Waals surface area (Å²) in [6, 6.07) is 7.37. The second-order valence-electron chi connectivity index (χ2n) is 7.18. The molecule has 146 valence electrons. The summed E-state index contributed by atoms with van der Waals surface area (Å²) >= 11 is 0. The summed E-state index contributed by atoms with van der Waals surface area (Å²) < 4.78 is 0. The van der Waals surface area contributed by atoms with Gasteiger partial charge in [-0.05, 0) is 31.5 Å². The molecule has 2 aliphatic heterocycles. The van der Waals surface area contributed by atoms with Crippen LogP contribution in [0.3, 0.4) is 0 Å². The maximum absolute atomic E-state index is 13.2. The van der Waals surface area contributed by atoms with E-state index >= 15 is 0 Å². The van der Waals surface area contributed by atoms with Crippen LogP contribution in [0.1, 0.15) is 37.7 Å². The van der Waals surface area contributed by atoms with Gasteiger partial charge in [0.1, 0.15) is 0 Å². The van der Waals surface area contributed by atoms with Crippen molar-refractivity contribution in [1.82, 2.24) is 19.8 Å². The molecule has 0 unspecified atom stereocenters. The number of fused-ring (bicyclic) bond motifs is 1. The third kappa shape index (κ3) is 3.31. The van der Waals surface area contributed by atoms with Gasteiger partial charge in [-0.2, -0.15) is 0 Å². The number of hydroxylamine groups is 1. The number of amides is 2. The molecular weight excluding hydrogens is 358 g/mol. The molecule has 2 amide bonds. The Morgan fingerprint density at radius 1 is 1.11 bits per heavy atom. The van der Waals surface area contributed by atoms with Gasteiger partial charge in [0.05, 0.1) is 24.3 Å². The van der Waals surface area contributed by atoms with Crippen LogP contribution in [0.5, 0.6) is 0 Å². The molecule has 2 aliphatic rings. The first-order chi connectivity index (χ1) is 13.4. The van der Waals surface area contributed by atoms with Crippen LogP contribution in [0.15, 0.2) is 24.3 Å². The molecule has 0 spiro atoms. The fraction of sp³-hybridized carbons (Fsp3) is 0.400. The number of hydrogen-bond acceptors (Lipinski definition) is 6. The minimum atomic E-state index is -0.146. The largest absolute Gasteiger partial charge is 0.337 e. The molecule has 0 N–H and O–H groups in total. The van der Waals surface area contributed by atoms with Gasteiger partial charge in [-0.15, -0.1) is 0 Å². The Kier molecular flexibility index (Phi) is 4.72. The molecule has 1 aromatic carbocycles. The molecule has 0 atom stereocenters. The van der Waals surface area contributed by atoms with Crippen LogP contribution < -0.4 is 5.06 Å². The molecule has 1 saturated heterocycles. The van der Waals surface area contributed by atoms with Crippen LogP contribution in [0.25, 0.3) is 0 Å². The van der Waals surface area contributed by atoms with Crippen molar-refractivity contribution in [3.05, 3.63) is 52.3 Å². The third-order valence-corrected chi connectivity index (χ3v) is 5.01. The molecule has 2 aromatic rings. The fourth-order valence-corrected chi connectivity index (χ4v) is 3.68. The highest BCUT2D eigenvalue weighted by atomic mass is 16.7. The van der Waals surface area contributed by atoms with E-state index in [0.29, 0.717) is 49.9 Å². The van der Waals surface area contributed by atoms with Crippen LogP contribution in [0.4, 0.5) is 5.95 Å². The minimum Gasteiger partial charge on any atom is -0.337 e. The molecule has 1 fully saturated rings. The number of aromatic nitrogens is 2. The Hall–Kier alpha value is -3.00. The predicted octanol–water partition coefficient (Wildman–Crippen LogP) is 1.57. The van der Waals surface area contributed by atoms with E-state index in [2.05, 4.69) is 9.97 Å². The summed E-state index contributed by atoms with van der Waals surface area (Å²) in [7, 11) is 1.75. The van der Waals surface area contributed by atoms with E-state index in [1.807, 2.05) is 32.0 Å². The number of hydrogen-bond donors (Lipinski definition) is 0. The Morgan fingerprint density at radius 3 is 2.61 bits per heavy atom. The summed E-state index contributed by atoms with van der Waals surface area (Å²) in [4.78, 5) is 43.6. The van der Waals surface area contributed by atoms with Gasteiger partial charge in [0.25, 0.3) is 11.8 Å². The van der Waals surface area contributed by atoms with Gasteiger partial charge in [-0.1, -0.05) is 12.1 Å². The maximum Gasteiger partial charge on any atom is 0.255 e. The summed E-state index contributed by atoms with van der Waals surface area (Å²) in [5.41, 5.74) is 3.61. The van der Waals surface area contributed by atoms with Crippen molar-refractivity contribution in [2.24, 2.45) is 0 Å². The predicted molar refractivity (Wildman–Crippen MR) is 103 cm³/mol. The Bertz CT molecular complexity index is 925. The van der Waals surface area contributed by atoms with Crippen molar-refractivity contribution in [2.45, 2.75) is 20.4 Å². The second kappa shape index (κ2) is 7.20. The van der Waals surface area contributed by atoms with Crippen molar-refractivity contribution in [3.63, 3.8) is 0 Å². The molecule has 1 aromatic heterocycles. The third-order valence-electron chi connectivity index (χ3n) is 5.01. The SMILES string of the molecule is Cc1cc(C)nc(N2CCN(C(=O)c3cccc4c3C(=O)N(C)C4)CCO2)n1. The lowest BCUT2D eigenvalue weighted by Gasteiger charge is -2.21. The lowest BCUT2D eigenvalue weighted by atomic mass is 10.0. The van der Waals surface area contributed by atoms with E-state index in [-0.39, 0.29) is 11.8 Å². The topological polar surface area (TPSA) is 78.9 Å². The maximum atomic E-state index is 13.2. The molecule has 0 bridgehead atoms. The minimum absolute atomic E-state index is 0.102. The van der Waals surface area contributed by atoms with Gasteiger partial charge in [-0.3, -0.25) is 14.4 Å². The molecule has 0 aliphatic carbocycles. The lowest BCUT2D eigenvalue weighted by Crippen LogP contribution is -2.36. The molecule has 8 nitrogen and oxygen atoms in total. The van der Waals surface area contributed by atoms with Crippen molar-refractivity contribution >= 4 is 17.8 Å². The summed E-state index contributed by atoms with van der Waals surface area (Å²) in [5, 5.41) is 1.64. The Balaban J connectivity index is 1.54. The molecule has 28 heavy (non-hydrogen) atoms. The molecule has 8 heteroatoms. The molecule has 3 heterocycles. The molecule has 0 radical (unpaired) electrons. The Morgan fingerprint density at radius 2 is 1.86 bits per heavy atom. The van der Waals surface area contributed by atoms with E-state index in [9.17, 15) is 9.59 Å². The van der Waals surface area contributed by atoms with Gasteiger partial charge in [0, 0.05) is 38.1 Å². The van der Waals surface area contributed by atoms with Crippen molar-refractivity contribution in [2.75, 3.05) is 38.4 Å². The monoisotopic (exact) mass is 381 g/mol. The van der Waals surface area contributed by atoms with Gasteiger partial charge >= 0.3 is 0 Å². The van der Waals surface area contributed by atoms with E-state index < -0.39 is 0 Å². The number of carbonyl (C=O) groups is 2. The highest BCUT2D eigenvalue weighted by Gasteiger charge is 2.32. The van der Waals surface area contributed by atoms with Gasteiger partial charge < -0.3 is 9.80 Å². The number of anilines is 1. The molecule has 4 rings (SSSR count). The lowest BCUT2D eigenvalue weighted by molar-refractivity contribution is 0.0718. The number of carbonyl (C=O) groups excluding carboxylic acids is 2. The van der Waals surface area contributed by atoms with Crippen LogP contribution in [-0.4, -0.2) is 64.9 Å². The molecular formula is C20H23N5O3. The zero-order valence-corrected chi connectivity index (χ0v) is 16.3. The number of aryl methyl sites for hydroxylation is 2. The van der Waals surface area contributed by atoms with E-state index in [0.717, 1.165) is 17.0 Å². The van der Waals surface area contributed by atoms with Crippen molar-refractivity contribution in [3.8, 4) is 0 Å². The summed E-state index contributed by atoms with van der Waals surface area (Å²) in [6.07, 6.45) is 0. The van der Waals surface area contributed by atoms with Crippen LogP contribution in [0.2, 0.25) is 0 Å². The first-order valence-electron chi connectivity index (χ1n) is 9.33. The Labute approximate surface area is 163 Å². The second-order valence-corrected chi connectivity index (χ2v) is 7.18. The highest BCUT2D eigenvalue weighted by molar-refractivity contribution is 6.09. The fourth-order valence-electron chi connectivity index (χ4n) is 3.68. The van der Waals surface area contributed by atoms with Gasteiger partial charge in [-0.25, -0.2) is 15.0 Å². The first kappa shape index (κ1) is 18.4. The van der Waals surface area contributed by atoms with Crippen LogP contribution >= 0.6 is 0 Å². The first-order valence-corrected chi connectivity index (χ1v) is 9.33. The smallest absolute Gasteiger partial charge is 0.255 e. The van der Waals surface area contributed by atoms with E-state index in [4.69, 9.17) is 4.84 Å². The normalized spacial score (nSPS) is 17.0. The van der Waals surface area contributed by atoms with E-state index in [1.54, 1.807) is 28.0 Å². The van der Waals surface area contributed by atoms with Crippen molar-refractivity contribution < 1.29 is 14.4 Å². The number of benzene rings is 1. The van der Waals surface area contributed by atoms with Gasteiger partial charge in [0.15, 0.2) is 0 Å². The number of nitrogens with zero attached hydrogens (tertiary/aromatic N) is 5. The average molecular weight is 381 g/mol. The number of rotatable bonds is 2. The van der Waals surface area contributed by atoms with Crippen molar-refractivity contribution in [1.29, 1.82) is 0 Å². The van der Waals surface area contributed by atoms with Crippen LogP contribution in [0, 0.1) is 13.8 Å². The van der Waals surface area contributed by atoms with Crippen LogP contribution in [-0.2, 0) is 11.4 Å². The summed E-state index contributed by atoms with van der Waals surface area (Å²) in [6.45, 7) is 6.06.